The molecule has 1 amide bonds. The fourth-order valence-electron chi connectivity index (χ4n) is 3.24. The number of hydrogen-bond acceptors (Lipinski definition) is 4. The molecule has 2 N–H and O–H groups in total. The van der Waals surface area contributed by atoms with Gasteiger partial charge in [0.15, 0.2) is 0 Å². The molecule has 0 aliphatic heterocycles. The first-order valence-electron chi connectivity index (χ1n) is 9.77. The fraction of sp³-hybridized carbons (Fsp3) is 0.250. The van der Waals surface area contributed by atoms with Crippen molar-refractivity contribution in [1.82, 2.24) is 5.32 Å². The predicted molar refractivity (Wildman–Crippen MR) is 117 cm³/mol. The van der Waals surface area contributed by atoms with Crippen LogP contribution in [-0.2, 0) is 9.53 Å². The minimum absolute atomic E-state index is 0.220. The highest BCUT2D eigenvalue weighted by molar-refractivity contribution is 6.00. The third kappa shape index (κ3) is 4.76. The lowest BCUT2D eigenvalue weighted by atomic mass is 9.99. The molecular formula is C24H25FN2O3. The summed E-state index contributed by atoms with van der Waals surface area (Å²) in [5.41, 5.74) is 2.44. The molecule has 0 saturated heterocycles. The average molecular weight is 408 g/mol. The molecule has 0 radical (unpaired) electrons. The molecule has 1 atom stereocenters. The van der Waals surface area contributed by atoms with Gasteiger partial charge in [-0.25, -0.2) is 9.18 Å². The van der Waals surface area contributed by atoms with Crippen molar-refractivity contribution in [3.8, 4) is 11.1 Å². The zero-order valence-corrected chi connectivity index (χ0v) is 17.5. The molecule has 3 aromatic carbocycles. The fourth-order valence-corrected chi connectivity index (χ4v) is 3.24. The Balaban J connectivity index is 1.85. The van der Waals surface area contributed by atoms with Crippen LogP contribution in [0.15, 0.2) is 54.6 Å². The van der Waals surface area contributed by atoms with Gasteiger partial charge in [-0.3, -0.25) is 4.79 Å². The Morgan fingerprint density at radius 1 is 0.933 bits per heavy atom. The van der Waals surface area contributed by atoms with E-state index in [1.165, 1.54) is 13.2 Å². The van der Waals surface area contributed by atoms with Gasteiger partial charge < -0.3 is 15.4 Å². The molecule has 156 valence electrons. The third-order valence-corrected chi connectivity index (χ3v) is 4.74. The second-order valence-electron chi connectivity index (χ2n) is 7.49. The summed E-state index contributed by atoms with van der Waals surface area (Å²) in [5.74, 6) is -1.17. The van der Waals surface area contributed by atoms with Gasteiger partial charge in [-0.05, 0) is 73.5 Å². The Morgan fingerprint density at radius 2 is 1.63 bits per heavy atom. The highest BCUT2D eigenvalue weighted by atomic mass is 19.1. The summed E-state index contributed by atoms with van der Waals surface area (Å²) in [6.07, 6.45) is 0. The summed E-state index contributed by atoms with van der Waals surface area (Å²) in [4.78, 5) is 23.9. The van der Waals surface area contributed by atoms with E-state index >= 15 is 0 Å². The molecule has 0 heterocycles. The van der Waals surface area contributed by atoms with Crippen LogP contribution >= 0.6 is 0 Å². The minimum Gasteiger partial charge on any atom is -0.467 e. The van der Waals surface area contributed by atoms with E-state index in [0.29, 0.717) is 11.1 Å². The van der Waals surface area contributed by atoms with Crippen LogP contribution in [0.1, 0.15) is 31.1 Å². The number of fused-ring (bicyclic) bond motifs is 1. The Kier molecular flexibility index (Phi) is 6.35. The van der Waals surface area contributed by atoms with Crippen LogP contribution in [0, 0.1) is 5.82 Å². The maximum Gasteiger partial charge on any atom is 0.328 e. The van der Waals surface area contributed by atoms with E-state index in [0.717, 1.165) is 22.0 Å². The maximum atomic E-state index is 14.6. The van der Waals surface area contributed by atoms with Gasteiger partial charge >= 0.3 is 5.97 Å². The van der Waals surface area contributed by atoms with Crippen molar-refractivity contribution in [2.75, 3.05) is 12.4 Å². The smallest absolute Gasteiger partial charge is 0.328 e. The van der Waals surface area contributed by atoms with E-state index in [2.05, 4.69) is 15.4 Å². The molecule has 30 heavy (non-hydrogen) atoms. The Bertz CT molecular complexity index is 1100. The monoisotopic (exact) mass is 408 g/mol. The topological polar surface area (TPSA) is 67.4 Å². The van der Waals surface area contributed by atoms with Gasteiger partial charge in [0.05, 0.1) is 7.11 Å². The number of benzene rings is 3. The van der Waals surface area contributed by atoms with Gasteiger partial charge in [-0.1, -0.05) is 18.2 Å². The highest BCUT2D eigenvalue weighted by Crippen LogP contribution is 2.29. The number of hydrogen-bond donors (Lipinski definition) is 2. The van der Waals surface area contributed by atoms with Crippen molar-refractivity contribution in [3.63, 3.8) is 0 Å². The average Bonchev–Trinajstić information content (AvgIpc) is 2.72. The van der Waals surface area contributed by atoms with Crippen LogP contribution in [0.4, 0.5) is 10.1 Å². The number of nitrogens with one attached hydrogen (secondary N) is 2. The second-order valence-corrected chi connectivity index (χ2v) is 7.49. The van der Waals surface area contributed by atoms with Crippen molar-refractivity contribution in [2.24, 2.45) is 0 Å². The molecule has 1 unspecified atom stereocenters. The molecule has 5 nitrogen and oxygen atoms in total. The number of rotatable bonds is 6. The standard InChI is InChI=1S/C24H25FN2O3/c1-14(2)26-20-9-10-21(22(25)13-20)18-7-5-17-12-19(8-6-16(17)11-18)23(28)27-15(3)24(29)30-4/h5-15,26H,1-4H3,(H,27,28). The van der Waals surface area contributed by atoms with E-state index in [1.54, 1.807) is 25.1 Å². The molecule has 3 aromatic rings. The number of ether oxygens (including phenoxy) is 1. The number of amides is 1. The van der Waals surface area contributed by atoms with Gasteiger partial charge in [0.2, 0.25) is 0 Å². The van der Waals surface area contributed by atoms with Crippen molar-refractivity contribution in [3.05, 3.63) is 66.0 Å². The van der Waals surface area contributed by atoms with Crippen LogP contribution in [0.5, 0.6) is 0 Å². The van der Waals surface area contributed by atoms with Crippen molar-refractivity contribution in [1.29, 1.82) is 0 Å². The van der Waals surface area contributed by atoms with Gasteiger partial charge in [-0.2, -0.15) is 0 Å². The summed E-state index contributed by atoms with van der Waals surface area (Å²) in [6.45, 7) is 5.56. The zero-order valence-electron chi connectivity index (χ0n) is 17.5. The summed E-state index contributed by atoms with van der Waals surface area (Å²) >= 11 is 0. The van der Waals surface area contributed by atoms with Crippen LogP contribution in [0.3, 0.4) is 0 Å². The molecule has 0 aliphatic carbocycles. The summed E-state index contributed by atoms with van der Waals surface area (Å²) in [7, 11) is 1.27. The van der Waals surface area contributed by atoms with Crippen LogP contribution in [-0.4, -0.2) is 31.1 Å². The first kappa shape index (κ1) is 21.3. The van der Waals surface area contributed by atoms with Gasteiger partial charge in [0.1, 0.15) is 11.9 Å². The van der Waals surface area contributed by atoms with E-state index in [-0.39, 0.29) is 17.8 Å². The molecule has 0 aromatic heterocycles. The van der Waals surface area contributed by atoms with Crippen LogP contribution < -0.4 is 10.6 Å². The minimum atomic E-state index is -0.739. The lowest BCUT2D eigenvalue weighted by Gasteiger charge is -2.13. The summed E-state index contributed by atoms with van der Waals surface area (Å²) < 4.78 is 19.3. The van der Waals surface area contributed by atoms with Gasteiger partial charge in [0, 0.05) is 22.9 Å². The quantitative estimate of drug-likeness (QED) is 0.577. The van der Waals surface area contributed by atoms with Gasteiger partial charge in [-0.15, -0.1) is 0 Å². The van der Waals surface area contributed by atoms with E-state index in [4.69, 9.17) is 0 Å². The molecule has 0 bridgehead atoms. The first-order valence-corrected chi connectivity index (χ1v) is 9.77. The Morgan fingerprint density at radius 3 is 2.30 bits per heavy atom. The Hall–Kier alpha value is -3.41. The number of anilines is 1. The molecule has 0 aliphatic rings. The maximum absolute atomic E-state index is 14.6. The third-order valence-electron chi connectivity index (χ3n) is 4.74. The van der Waals surface area contributed by atoms with Crippen LogP contribution in [0.2, 0.25) is 0 Å². The highest BCUT2D eigenvalue weighted by Gasteiger charge is 2.17. The molecule has 0 saturated carbocycles. The number of halogens is 1. The van der Waals surface area contributed by atoms with E-state index in [1.807, 2.05) is 44.2 Å². The summed E-state index contributed by atoms with van der Waals surface area (Å²) in [6, 6.07) is 15.4. The largest absolute Gasteiger partial charge is 0.467 e. The number of esters is 1. The molecule has 3 rings (SSSR count). The number of carbonyl (C=O) groups excluding carboxylic acids is 2. The van der Waals surface area contributed by atoms with Crippen molar-refractivity contribution < 1.29 is 18.7 Å². The molecule has 0 fully saturated rings. The number of carbonyl (C=O) groups is 2. The lowest BCUT2D eigenvalue weighted by Crippen LogP contribution is -2.39. The first-order chi connectivity index (χ1) is 14.3. The van der Waals surface area contributed by atoms with Gasteiger partial charge in [0.25, 0.3) is 5.91 Å². The molecule has 0 spiro atoms. The summed E-state index contributed by atoms with van der Waals surface area (Å²) in [5, 5.41) is 7.52. The second kappa shape index (κ2) is 8.95. The molecule has 6 heteroatoms. The zero-order chi connectivity index (χ0) is 21.8. The normalized spacial score (nSPS) is 11.9. The van der Waals surface area contributed by atoms with E-state index < -0.39 is 12.0 Å². The van der Waals surface area contributed by atoms with Crippen molar-refractivity contribution >= 4 is 28.3 Å². The predicted octanol–water partition coefficient (Wildman–Crippen LogP) is 4.76. The molecular weight excluding hydrogens is 383 g/mol. The van der Waals surface area contributed by atoms with Crippen molar-refractivity contribution in [2.45, 2.75) is 32.9 Å². The SMILES string of the molecule is COC(=O)C(C)NC(=O)c1ccc2cc(-c3ccc(NC(C)C)cc3F)ccc2c1. The lowest BCUT2D eigenvalue weighted by molar-refractivity contribution is -0.142. The van der Waals surface area contributed by atoms with E-state index in [9.17, 15) is 14.0 Å². The van der Waals surface area contributed by atoms with Crippen LogP contribution in [0.25, 0.3) is 21.9 Å². The Labute approximate surface area is 175 Å². The number of methoxy groups -OCH3 is 1.